The second-order valence-corrected chi connectivity index (χ2v) is 4.30. The molecule has 0 bridgehead atoms. The SMILES string of the molecule is CCOC(=O)C=Cc1cc(I)c(O)c(OC)c1. The molecule has 1 aromatic carbocycles. The molecule has 5 heteroatoms. The highest BCUT2D eigenvalue weighted by molar-refractivity contribution is 14.1. The normalized spacial score (nSPS) is 10.5. The Morgan fingerprint density at radius 1 is 1.53 bits per heavy atom. The number of carbonyl (C=O) groups excluding carboxylic acids is 1. The molecule has 0 aliphatic heterocycles. The number of hydrogen-bond donors (Lipinski definition) is 1. The number of carbonyl (C=O) groups is 1. The van der Waals surface area contributed by atoms with E-state index in [1.165, 1.54) is 13.2 Å². The van der Waals surface area contributed by atoms with Crippen molar-refractivity contribution in [1.29, 1.82) is 0 Å². The first kappa shape index (κ1) is 13.8. The van der Waals surface area contributed by atoms with E-state index in [-0.39, 0.29) is 5.75 Å². The molecule has 0 unspecified atom stereocenters. The summed E-state index contributed by atoms with van der Waals surface area (Å²) in [7, 11) is 1.48. The quantitative estimate of drug-likeness (QED) is 0.516. The van der Waals surface area contributed by atoms with E-state index in [0.717, 1.165) is 5.56 Å². The maximum absolute atomic E-state index is 11.1. The molecule has 92 valence electrons. The molecule has 0 atom stereocenters. The van der Waals surface area contributed by atoms with Crippen LogP contribution in [0, 0.1) is 3.57 Å². The molecule has 0 saturated carbocycles. The van der Waals surface area contributed by atoms with E-state index in [1.54, 1.807) is 25.1 Å². The Balaban J connectivity index is 2.92. The maximum Gasteiger partial charge on any atom is 0.330 e. The number of halogens is 1. The minimum absolute atomic E-state index is 0.0985. The van der Waals surface area contributed by atoms with E-state index < -0.39 is 5.97 Å². The molecule has 4 nitrogen and oxygen atoms in total. The van der Waals surface area contributed by atoms with Gasteiger partial charge in [0.15, 0.2) is 11.5 Å². The highest BCUT2D eigenvalue weighted by atomic mass is 127. The molecule has 0 radical (unpaired) electrons. The fraction of sp³-hybridized carbons (Fsp3) is 0.250. The van der Waals surface area contributed by atoms with Crippen molar-refractivity contribution in [1.82, 2.24) is 0 Å². The van der Waals surface area contributed by atoms with Gasteiger partial charge in [0, 0.05) is 6.08 Å². The van der Waals surface area contributed by atoms with Crippen LogP contribution in [0.4, 0.5) is 0 Å². The molecule has 0 spiro atoms. The number of aromatic hydroxyl groups is 1. The monoisotopic (exact) mass is 348 g/mol. The van der Waals surface area contributed by atoms with Crippen molar-refractivity contribution >= 4 is 34.6 Å². The zero-order valence-corrected chi connectivity index (χ0v) is 11.7. The minimum atomic E-state index is -0.394. The molecule has 1 N–H and O–H groups in total. The summed E-state index contributed by atoms with van der Waals surface area (Å²) in [6, 6.07) is 3.39. The highest BCUT2D eigenvalue weighted by Gasteiger charge is 2.07. The van der Waals surface area contributed by atoms with Crippen LogP contribution in [0.5, 0.6) is 11.5 Å². The molecule has 1 rings (SSSR count). The van der Waals surface area contributed by atoms with E-state index in [4.69, 9.17) is 9.47 Å². The molecule has 0 amide bonds. The van der Waals surface area contributed by atoms with E-state index in [0.29, 0.717) is 15.9 Å². The first-order valence-electron chi connectivity index (χ1n) is 4.99. The van der Waals surface area contributed by atoms with Crippen molar-refractivity contribution in [3.63, 3.8) is 0 Å². The minimum Gasteiger partial charge on any atom is -0.504 e. The van der Waals surface area contributed by atoms with Gasteiger partial charge in [-0.15, -0.1) is 0 Å². The van der Waals surface area contributed by atoms with Gasteiger partial charge in [0.05, 0.1) is 17.3 Å². The van der Waals surface area contributed by atoms with Gasteiger partial charge in [0.1, 0.15) is 0 Å². The number of methoxy groups -OCH3 is 1. The summed E-state index contributed by atoms with van der Waals surface area (Å²) in [5.74, 6) is 0.0799. The zero-order chi connectivity index (χ0) is 12.8. The third-order valence-electron chi connectivity index (χ3n) is 1.97. The van der Waals surface area contributed by atoms with Crippen LogP contribution in [0.2, 0.25) is 0 Å². The Morgan fingerprint density at radius 2 is 2.24 bits per heavy atom. The Hall–Kier alpha value is -1.24. The van der Waals surface area contributed by atoms with Crippen LogP contribution in [0.1, 0.15) is 12.5 Å². The van der Waals surface area contributed by atoms with Gasteiger partial charge in [-0.1, -0.05) is 0 Å². The first-order valence-corrected chi connectivity index (χ1v) is 6.07. The van der Waals surface area contributed by atoms with Gasteiger partial charge in [0.25, 0.3) is 0 Å². The Labute approximate surface area is 113 Å². The fourth-order valence-electron chi connectivity index (χ4n) is 1.20. The topological polar surface area (TPSA) is 55.8 Å². The van der Waals surface area contributed by atoms with Crippen molar-refractivity contribution in [3.8, 4) is 11.5 Å². The molecular formula is C12H13IO4. The van der Waals surface area contributed by atoms with Crippen LogP contribution in [0.25, 0.3) is 6.08 Å². The Morgan fingerprint density at radius 3 is 2.82 bits per heavy atom. The van der Waals surface area contributed by atoms with Gasteiger partial charge >= 0.3 is 5.97 Å². The second-order valence-electron chi connectivity index (χ2n) is 3.14. The van der Waals surface area contributed by atoms with Crippen LogP contribution < -0.4 is 4.74 Å². The Bertz CT molecular complexity index is 440. The number of rotatable bonds is 4. The average Bonchev–Trinajstić information content (AvgIpc) is 2.31. The lowest BCUT2D eigenvalue weighted by Crippen LogP contribution is -1.98. The molecule has 0 aliphatic rings. The van der Waals surface area contributed by atoms with Crippen LogP contribution in [-0.4, -0.2) is 24.8 Å². The number of esters is 1. The molecular weight excluding hydrogens is 335 g/mol. The summed E-state index contributed by atoms with van der Waals surface area (Å²) in [5, 5.41) is 9.64. The van der Waals surface area contributed by atoms with E-state index in [2.05, 4.69) is 0 Å². The zero-order valence-electron chi connectivity index (χ0n) is 9.57. The van der Waals surface area contributed by atoms with Crippen molar-refractivity contribution < 1.29 is 19.4 Å². The predicted molar refractivity (Wildman–Crippen MR) is 73.0 cm³/mol. The molecule has 0 aromatic heterocycles. The third kappa shape index (κ3) is 3.92. The van der Waals surface area contributed by atoms with Crippen LogP contribution in [-0.2, 0) is 9.53 Å². The average molecular weight is 348 g/mol. The van der Waals surface area contributed by atoms with Gasteiger partial charge in [0.2, 0.25) is 0 Å². The first-order chi connectivity index (χ1) is 8.08. The van der Waals surface area contributed by atoms with Gasteiger partial charge in [-0.3, -0.25) is 0 Å². The lowest BCUT2D eigenvalue weighted by atomic mass is 10.2. The van der Waals surface area contributed by atoms with Gasteiger partial charge < -0.3 is 14.6 Å². The molecule has 0 heterocycles. The van der Waals surface area contributed by atoms with E-state index in [9.17, 15) is 9.90 Å². The third-order valence-corrected chi connectivity index (χ3v) is 2.79. The molecule has 0 aliphatic carbocycles. The summed E-state index contributed by atoms with van der Waals surface area (Å²) in [5.41, 5.74) is 0.761. The van der Waals surface area contributed by atoms with Gasteiger partial charge in [-0.25, -0.2) is 4.79 Å². The molecule has 17 heavy (non-hydrogen) atoms. The predicted octanol–water partition coefficient (Wildman–Crippen LogP) is 2.58. The second kappa shape index (κ2) is 6.48. The van der Waals surface area contributed by atoms with Crippen molar-refractivity contribution in [2.45, 2.75) is 6.92 Å². The molecule has 1 aromatic rings. The number of benzene rings is 1. The van der Waals surface area contributed by atoms with Crippen LogP contribution in [0.15, 0.2) is 18.2 Å². The lowest BCUT2D eigenvalue weighted by molar-refractivity contribution is -0.137. The maximum atomic E-state index is 11.1. The molecule has 0 saturated heterocycles. The standard InChI is InChI=1S/C12H13IO4/c1-3-17-11(14)5-4-8-6-9(13)12(15)10(7-8)16-2/h4-7,15H,3H2,1-2H3. The largest absolute Gasteiger partial charge is 0.504 e. The lowest BCUT2D eigenvalue weighted by Gasteiger charge is -2.06. The number of phenolic OH excluding ortho intramolecular Hbond substituents is 1. The van der Waals surface area contributed by atoms with Crippen molar-refractivity contribution in [2.24, 2.45) is 0 Å². The van der Waals surface area contributed by atoms with E-state index in [1.807, 2.05) is 22.6 Å². The summed E-state index contributed by atoms with van der Waals surface area (Å²) in [6.07, 6.45) is 2.95. The summed E-state index contributed by atoms with van der Waals surface area (Å²) in [4.78, 5) is 11.1. The highest BCUT2D eigenvalue weighted by Crippen LogP contribution is 2.32. The number of ether oxygens (including phenoxy) is 2. The molecule has 0 fully saturated rings. The summed E-state index contributed by atoms with van der Waals surface area (Å²) in [6.45, 7) is 2.10. The Kier molecular flexibility index (Phi) is 5.27. The van der Waals surface area contributed by atoms with Crippen molar-refractivity contribution in [3.05, 3.63) is 27.3 Å². The number of phenols is 1. The smallest absolute Gasteiger partial charge is 0.330 e. The van der Waals surface area contributed by atoms with Crippen molar-refractivity contribution in [2.75, 3.05) is 13.7 Å². The van der Waals surface area contributed by atoms with Crippen LogP contribution >= 0.6 is 22.6 Å². The fourth-order valence-corrected chi connectivity index (χ4v) is 1.83. The van der Waals surface area contributed by atoms with Gasteiger partial charge in [-0.2, -0.15) is 0 Å². The summed E-state index contributed by atoms with van der Waals surface area (Å²) < 4.78 is 10.4. The van der Waals surface area contributed by atoms with Gasteiger partial charge in [-0.05, 0) is 53.3 Å². The summed E-state index contributed by atoms with van der Waals surface area (Å²) >= 11 is 1.99. The van der Waals surface area contributed by atoms with E-state index >= 15 is 0 Å². The van der Waals surface area contributed by atoms with Crippen LogP contribution in [0.3, 0.4) is 0 Å². The number of hydrogen-bond acceptors (Lipinski definition) is 4.